The van der Waals surface area contributed by atoms with Crippen LogP contribution in [-0.4, -0.2) is 14.9 Å². The molecule has 2 atom stereocenters. The molecule has 0 spiro atoms. The van der Waals surface area contributed by atoms with Gasteiger partial charge in [-0.1, -0.05) is 26.8 Å². The van der Waals surface area contributed by atoms with E-state index in [1.807, 2.05) is 0 Å². The van der Waals surface area contributed by atoms with Crippen LogP contribution in [0.15, 0.2) is 24.3 Å². The van der Waals surface area contributed by atoms with Crippen LogP contribution < -0.4 is 4.73 Å². The molecule has 0 unspecified atom stereocenters. The predicted molar refractivity (Wildman–Crippen MR) is 85.8 cm³/mol. The average Bonchev–Trinajstić information content (AvgIpc) is 2.99. The molecule has 0 radical (unpaired) electrons. The zero-order valence-corrected chi connectivity index (χ0v) is 13.8. The number of aromatic nitrogens is 2. The molecule has 1 fully saturated rings. The van der Waals surface area contributed by atoms with E-state index in [1.165, 1.54) is 18.2 Å². The molecule has 1 N–H and O–H groups in total. The minimum Gasteiger partial charge on any atom is -0.710 e. The van der Waals surface area contributed by atoms with Crippen molar-refractivity contribution in [2.24, 2.45) is 5.41 Å². The third kappa shape index (κ3) is 1.50. The molecule has 1 aromatic heterocycles. The highest BCUT2D eigenvalue weighted by Gasteiger charge is 2.66. The van der Waals surface area contributed by atoms with Crippen LogP contribution >= 0.6 is 0 Å². The van der Waals surface area contributed by atoms with E-state index in [-0.39, 0.29) is 28.3 Å². The normalized spacial score (nSPS) is 26.5. The minimum atomic E-state index is -0.509. The molecule has 1 aromatic carbocycles. The lowest BCUT2D eigenvalue weighted by Gasteiger charge is -2.32. The fourth-order valence-electron chi connectivity index (χ4n) is 4.73. The summed E-state index contributed by atoms with van der Waals surface area (Å²) in [6, 6.07) is 5.81. The van der Waals surface area contributed by atoms with Gasteiger partial charge in [-0.2, -0.15) is 0 Å². The number of fused-ring (bicyclic) bond motifs is 5. The third-order valence-electron chi connectivity index (χ3n) is 6.46. The molecule has 4 rings (SSSR count). The van der Waals surface area contributed by atoms with Gasteiger partial charge in [-0.15, -0.1) is 0 Å². The third-order valence-corrected chi connectivity index (χ3v) is 6.46. The fraction of sp³-hybridized carbons (Fsp3) is 0.471. The predicted octanol–water partition coefficient (Wildman–Crippen LogP) is 3.11. The second kappa shape index (κ2) is 4.28. The summed E-state index contributed by atoms with van der Waals surface area (Å²) < 4.78 is 1.73. The molecular weight excluding hydrogens is 310 g/mol. The number of nitro benzene ring substituents is 1. The number of benzene rings is 1. The molecule has 7 nitrogen and oxygen atoms in total. The summed E-state index contributed by atoms with van der Waals surface area (Å²) in [5, 5.41) is 34.7. The quantitative estimate of drug-likeness (QED) is 0.301. The Morgan fingerprint density at radius 1 is 1.38 bits per heavy atom. The van der Waals surface area contributed by atoms with E-state index in [1.54, 1.807) is 6.07 Å². The first-order chi connectivity index (χ1) is 11.2. The minimum absolute atomic E-state index is 0.0531. The van der Waals surface area contributed by atoms with Crippen LogP contribution in [0.2, 0.25) is 0 Å². The Balaban J connectivity index is 1.96. The molecule has 24 heavy (non-hydrogen) atoms. The highest BCUT2D eigenvalue weighted by Crippen LogP contribution is 2.67. The number of hydrogen-bond acceptors (Lipinski definition) is 4. The Bertz CT molecular complexity index is 886. The van der Waals surface area contributed by atoms with Gasteiger partial charge in [-0.05, 0) is 29.1 Å². The summed E-state index contributed by atoms with van der Waals surface area (Å²) in [7, 11) is 0. The van der Waals surface area contributed by atoms with Crippen molar-refractivity contribution in [3.05, 3.63) is 51.0 Å². The van der Waals surface area contributed by atoms with E-state index in [0.717, 1.165) is 22.3 Å². The van der Waals surface area contributed by atoms with Gasteiger partial charge < -0.3 is 10.4 Å². The number of non-ortho nitro benzene ring substituents is 1. The molecule has 2 aromatic rings. The van der Waals surface area contributed by atoms with Gasteiger partial charge in [0, 0.05) is 23.5 Å². The SMILES string of the molecule is CC1(C)[C@@H]2CC[C@]1(C)c1c2[n+]([O-])c(-c2cccc([N+](=O)[O-])c2)n1O. The summed E-state index contributed by atoms with van der Waals surface area (Å²) in [6.07, 6.45) is 1.83. The first-order valence-electron chi connectivity index (χ1n) is 8.03. The van der Waals surface area contributed by atoms with Crippen molar-refractivity contribution in [1.82, 2.24) is 4.73 Å². The van der Waals surface area contributed by atoms with E-state index in [4.69, 9.17) is 0 Å². The molecule has 7 heteroatoms. The molecule has 0 saturated heterocycles. The van der Waals surface area contributed by atoms with E-state index in [2.05, 4.69) is 20.8 Å². The van der Waals surface area contributed by atoms with Crippen molar-refractivity contribution in [2.75, 3.05) is 0 Å². The van der Waals surface area contributed by atoms with E-state index in [0.29, 0.717) is 17.0 Å². The fourth-order valence-corrected chi connectivity index (χ4v) is 4.73. The van der Waals surface area contributed by atoms with Crippen LogP contribution in [0, 0.1) is 20.7 Å². The molecule has 0 amide bonds. The smallest absolute Gasteiger partial charge is 0.331 e. The first kappa shape index (κ1) is 15.0. The zero-order valence-electron chi connectivity index (χ0n) is 13.8. The van der Waals surface area contributed by atoms with E-state index in [9.17, 15) is 20.5 Å². The molecule has 2 aliphatic rings. The lowest BCUT2D eigenvalue weighted by Crippen LogP contribution is -2.36. The van der Waals surface area contributed by atoms with Crippen LogP contribution in [0.5, 0.6) is 0 Å². The molecular formula is C17H19N3O4. The maximum atomic E-state index is 12.9. The molecule has 1 saturated carbocycles. The van der Waals surface area contributed by atoms with Crippen LogP contribution in [0.25, 0.3) is 11.4 Å². The van der Waals surface area contributed by atoms with Gasteiger partial charge in [-0.3, -0.25) is 10.1 Å². The van der Waals surface area contributed by atoms with Crippen molar-refractivity contribution in [3.8, 4) is 11.4 Å². The van der Waals surface area contributed by atoms with Crippen molar-refractivity contribution in [2.45, 2.75) is 44.9 Å². The number of rotatable bonds is 2. The van der Waals surface area contributed by atoms with Crippen LogP contribution in [0.3, 0.4) is 0 Å². The van der Waals surface area contributed by atoms with Gasteiger partial charge in [-0.25, -0.2) is 4.73 Å². The Labute approximate surface area is 138 Å². The summed E-state index contributed by atoms with van der Waals surface area (Å²) >= 11 is 0. The molecule has 126 valence electrons. The highest BCUT2D eigenvalue weighted by molar-refractivity contribution is 5.59. The standard InChI is InChI=1S/C17H19N3O4/c1-16(2)12-7-8-17(16,3)14-13(12)18(21)15(19(14)22)10-5-4-6-11(9-10)20(23)24/h4-6,9,12,22H,7-8H2,1-3H3/t12-,17-/m1/s1. The average molecular weight is 329 g/mol. The second-order valence-corrected chi connectivity index (χ2v) is 7.62. The summed E-state index contributed by atoms with van der Waals surface area (Å²) in [6.45, 7) is 6.36. The highest BCUT2D eigenvalue weighted by atomic mass is 16.6. The van der Waals surface area contributed by atoms with Gasteiger partial charge >= 0.3 is 5.82 Å². The van der Waals surface area contributed by atoms with Crippen LogP contribution in [-0.2, 0) is 5.41 Å². The van der Waals surface area contributed by atoms with Crippen molar-refractivity contribution >= 4 is 5.69 Å². The van der Waals surface area contributed by atoms with E-state index >= 15 is 0 Å². The Kier molecular flexibility index (Phi) is 2.68. The Morgan fingerprint density at radius 2 is 2.08 bits per heavy atom. The van der Waals surface area contributed by atoms with Gasteiger partial charge in [0.2, 0.25) is 0 Å². The molecule has 2 bridgehead atoms. The monoisotopic (exact) mass is 329 g/mol. The second-order valence-electron chi connectivity index (χ2n) is 7.62. The number of nitrogens with zero attached hydrogens (tertiary/aromatic N) is 3. The zero-order chi connectivity index (χ0) is 17.4. The van der Waals surface area contributed by atoms with Crippen molar-refractivity contribution in [3.63, 3.8) is 0 Å². The summed E-state index contributed by atoms with van der Waals surface area (Å²) in [5.41, 5.74) is 1.11. The van der Waals surface area contributed by atoms with Gasteiger partial charge in [0.15, 0.2) is 11.4 Å². The maximum Gasteiger partial charge on any atom is 0.331 e. The lowest BCUT2D eigenvalue weighted by atomic mass is 9.70. The molecule has 1 heterocycles. The van der Waals surface area contributed by atoms with Gasteiger partial charge in [0.25, 0.3) is 5.69 Å². The number of hydrogen-bond donors (Lipinski definition) is 1. The number of imidazole rings is 1. The lowest BCUT2D eigenvalue weighted by molar-refractivity contribution is -0.604. The maximum absolute atomic E-state index is 12.9. The van der Waals surface area contributed by atoms with Crippen LogP contribution in [0.1, 0.15) is 50.9 Å². The van der Waals surface area contributed by atoms with Gasteiger partial charge in [0.05, 0.1) is 10.5 Å². The van der Waals surface area contributed by atoms with Crippen molar-refractivity contribution in [1.29, 1.82) is 0 Å². The topological polar surface area (TPSA) is 95.2 Å². The van der Waals surface area contributed by atoms with Gasteiger partial charge in [0.1, 0.15) is 0 Å². The Morgan fingerprint density at radius 3 is 2.71 bits per heavy atom. The summed E-state index contributed by atoms with van der Waals surface area (Å²) in [5.74, 6) is 0.137. The van der Waals surface area contributed by atoms with Crippen LogP contribution in [0.4, 0.5) is 5.69 Å². The van der Waals surface area contributed by atoms with E-state index < -0.39 is 4.92 Å². The number of nitro groups is 1. The molecule has 0 aliphatic heterocycles. The Hall–Kier alpha value is -2.57. The largest absolute Gasteiger partial charge is 0.710 e. The first-order valence-corrected chi connectivity index (χ1v) is 8.03. The van der Waals surface area contributed by atoms with Crippen molar-refractivity contribution < 1.29 is 14.9 Å². The molecule has 2 aliphatic carbocycles. The summed E-state index contributed by atoms with van der Waals surface area (Å²) in [4.78, 5) is 10.5.